The minimum Gasteiger partial charge on any atom is -0.389 e. The number of aliphatic hydroxyl groups is 1. The first kappa shape index (κ1) is 34.3. The number of ether oxygens (including phenoxy) is 1. The molecule has 1 atom stereocenters. The van der Waals surface area contributed by atoms with Gasteiger partial charge in [-0.1, -0.05) is 53.5 Å². The van der Waals surface area contributed by atoms with Gasteiger partial charge in [-0.3, -0.25) is 14.7 Å². The zero-order valence-corrected chi connectivity index (χ0v) is 26.3. The molecular formula is C29H41Cl2N7O3. The Morgan fingerprint density at radius 1 is 0.902 bits per heavy atom. The van der Waals surface area contributed by atoms with Crippen LogP contribution in [0.1, 0.15) is 49.4 Å². The van der Waals surface area contributed by atoms with Crippen LogP contribution in [0.4, 0.5) is 11.6 Å². The molecule has 0 aliphatic rings. The predicted octanol–water partition coefficient (Wildman–Crippen LogP) is 4.77. The highest BCUT2D eigenvalue weighted by Crippen LogP contribution is 2.20. The third-order valence-electron chi connectivity index (χ3n) is 6.36. The lowest BCUT2D eigenvalue weighted by molar-refractivity contribution is 0.0335. The summed E-state index contributed by atoms with van der Waals surface area (Å²) in [6, 6.07) is 10.7. The highest BCUT2D eigenvalue weighted by molar-refractivity contribution is 6.31. The van der Waals surface area contributed by atoms with Crippen molar-refractivity contribution in [3.63, 3.8) is 0 Å². The standard InChI is InChI=1S/C20H29ClN4O2.C9H12ClN3O/c1-15(2)24(3)19-10-22-18(20(21)23-19)13-25(12-17(26)14-27-4)11-16-8-6-5-7-9-16;1-6(2)13(3)8-4-11-7(5-14)9(10)12-8/h5-10,15,17,26H,11-14H2,1-4H3;4-6H,1-3H3/t17-;/m1./s1. The van der Waals surface area contributed by atoms with E-state index in [4.69, 9.17) is 27.9 Å². The van der Waals surface area contributed by atoms with E-state index < -0.39 is 6.10 Å². The maximum absolute atomic E-state index is 10.4. The molecule has 0 saturated heterocycles. The summed E-state index contributed by atoms with van der Waals surface area (Å²) >= 11 is 12.2. The first-order valence-electron chi connectivity index (χ1n) is 13.3. The summed E-state index contributed by atoms with van der Waals surface area (Å²) in [5, 5.41) is 10.7. The van der Waals surface area contributed by atoms with Crippen molar-refractivity contribution < 1.29 is 14.6 Å². The number of hydrogen-bond acceptors (Lipinski definition) is 10. The third kappa shape index (κ3) is 11.1. The van der Waals surface area contributed by atoms with E-state index in [2.05, 4.69) is 50.8 Å². The monoisotopic (exact) mass is 605 g/mol. The second-order valence-corrected chi connectivity index (χ2v) is 10.9. The Balaban J connectivity index is 0.000000353. The van der Waals surface area contributed by atoms with Crippen LogP contribution >= 0.6 is 23.2 Å². The second-order valence-electron chi connectivity index (χ2n) is 10.2. The summed E-state index contributed by atoms with van der Waals surface area (Å²) in [7, 11) is 5.44. The summed E-state index contributed by atoms with van der Waals surface area (Å²) in [4.78, 5) is 33.5. The quantitative estimate of drug-likeness (QED) is 0.274. The smallest absolute Gasteiger partial charge is 0.171 e. The molecule has 12 heteroatoms. The molecule has 0 amide bonds. The highest BCUT2D eigenvalue weighted by Gasteiger charge is 2.17. The van der Waals surface area contributed by atoms with E-state index in [0.717, 1.165) is 11.4 Å². The number of aldehydes is 1. The van der Waals surface area contributed by atoms with E-state index >= 15 is 0 Å². The van der Waals surface area contributed by atoms with Crippen molar-refractivity contribution in [1.29, 1.82) is 0 Å². The Morgan fingerprint density at radius 2 is 1.46 bits per heavy atom. The van der Waals surface area contributed by atoms with E-state index in [1.165, 1.54) is 6.20 Å². The summed E-state index contributed by atoms with van der Waals surface area (Å²) < 4.78 is 5.06. The van der Waals surface area contributed by atoms with Gasteiger partial charge >= 0.3 is 0 Å². The summed E-state index contributed by atoms with van der Waals surface area (Å²) in [5.74, 6) is 1.41. The predicted molar refractivity (Wildman–Crippen MR) is 165 cm³/mol. The Labute approximate surface area is 253 Å². The lowest BCUT2D eigenvalue weighted by Gasteiger charge is -2.26. The molecule has 41 heavy (non-hydrogen) atoms. The summed E-state index contributed by atoms with van der Waals surface area (Å²) in [6.07, 6.45) is 3.29. The Hall–Kier alpha value is -2.89. The number of carbonyl (C=O) groups excluding carboxylic acids is 1. The van der Waals surface area contributed by atoms with Crippen molar-refractivity contribution in [3.8, 4) is 0 Å². The van der Waals surface area contributed by atoms with Crippen LogP contribution in [0.5, 0.6) is 0 Å². The van der Waals surface area contributed by atoms with Crippen LogP contribution in [0.15, 0.2) is 42.7 Å². The van der Waals surface area contributed by atoms with Gasteiger partial charge in [-0.2, -0.15) is 0 Å². The molecule has 2 heterocycles. The average Bonchev–Trinajstić information content (AvgIpc) is 2.94. The topological polar surface area (TPSA) is 108 Å². The summed E-state index contributed by atoms with van der Waals surface area (Å²) in [5.41, 5.74) is 2.02. The number of anilines is 2. The van der Waals surface area contributed by atoms with Gasteiger partial charge in [0.05, 0.1) is 30.8 Å². The van der Waals surface area contributed by atoms with Gasteiger partial charge < -0.3 is 19.6 Å². The zero-order valence-electron chi connectivity index (χ0n) is 24.8. The molecule has 3 rings (SSSR count). The molecule has 1 aromatic carbocycles. The maximum atomic E-state index is 10.4. The van der Waals surface area contributed by atoms with Gasteiger partial charge in [0.25, 0.3) is 0 Å². The molecule has 10 nitrogen and oxygen atoms in total. The van der Waals surface area contributed by atoms with Gasteiger partial charge in [-0.25, -0.2) is 15.0 Å². The van der Waals surface area contributed by atoms with Crippen LogP contribution in [-0.2, 0) is 17.8 Å². The van der Waals surface area contributed by atoms with Crippen LogP contribution in [-0.4, -0.2) is 88.8 Å². The minimum absolute atomic E-state index is 0.144. The van der Waals surface area contributed by atoms with Crippen molar-refractivity contribution in [2.45, 2.75) is 59.0 Å². The van der Waals surface area contributed by atoms with Crippen molar-refractivity contribution in [2.75, 3.05) is 44.2 Å². The number of nitrogens with zero attached hydrogens (tertiary/aromatic N) is 7. The van der Waals surface area contributed by atoms with Gasteiger partial charge in [-0.15, -0.1) is 0 Å². The maximum Gasteiger partial charge on any atom is 0.171 e. The SMILES string of the molecule is CC(C)N(C)c1cnc(C=O)c(Cl)n1.COC[C@H](O)CN(Cc1ccccc1)Cc1ncc(N(C)C(C)C)nc1Cl. The minimum atomic E-state index is -0.586. The third-order valence-corrected chi connectivity index (χ3v) is 6.94. The number of aliphatic hydroxyl groups excluding tert-OH is 1. The molecule has 0 aliphatic heterocycles. The molecule has 0 fully saturated rings. The van der Waals surface area contributed by atoms with E-state index in [0.29, 0.717) is 54.7 Å². The Bertz CT molecular complexity index is 1220. The van der Waals surface area contributed by atoms with Gasteiger partial charge in [0, 0.05) is 52.9 Å². The van der Waals surface area contributed by atoms with Gasteiger partial charge in [-0.05, 0) is 33.3 Å². The van der Waals surface area contributed by atoms with E-state index in [9.17, 15) is 9.90 Å². The fraction of sp³-hybridized carbons (Fsp3) is 0.483. The van der Waals surface area contributed by atoms with Crippen LogP contribution in [0.25, 0.3) is 0 Å². The molecule has 0 spiro atoms. The molecule has 224 valence electrons. The van der Waals surface area contributed by atoms with E-state index in [-0.39, 0.29) is 17.5 Å². The van der Waals surface area contributed by atoms with E-state index in [1.807, 2.05) is 55.9 Å². The normalized spacial score (nSPS) is 11.8. The second kappa shape index (κ2) is 17.2. The Kier molecular flexibility index (Phi) is 14.4. The largest absolute Gasteiger partial charge is 0.389 e. The lowest BCUT2D eigenvalue weighted by Crippen LogP contribution is -2.34. The molecule has 0 saturated carbocycles. The number of rotatable bonds is 13. The summed E-state index contributed by atoms with van der Waals surface area (Å²) in [6.45, 7) is 10.1. The van der Waals surface area contributed by atoms with Crippen molar-refractivity contribution >= 4 is 41.1 Å². The number of methoxy groups -OCH3 is 1. The highest BCUT2D eigenvalue weighted by atomic mass is 35.5. The van der Waals surface area contributed by atoms with Crippen molar-refractivity contribution in [3.05, 3.63) is 70.0 Å². The fourth-order valence-electron chi connectivity index (χ4n) is 3.59. The van der Waals surface area contributed by atoms with Gasteiger partial charge in [0.15, 0.2) is 16.6 Å². The van der Waals surface area contributed by atoms with Gasteiger partial charge in [0.2, 0.25) is 0 Å². The molecule has 2 aromatic heterocycles. The number of halogens is 2. The molecule has 0 aliphatic carbocycles. The first-order valence-corrected chi connectivity index (χ1v) is 14.1. The zero-order chi connectivity index (χ0) is 30.5. The molecular weight excluding hydrogens is 565 g/mol. The van der Waals surface area contributed by atoms with Crippen molar-refractivity contribution in [2.24, 2.45) is 0 Å². The number of aromatic nitrogens is 4. The van der Waals surface area contributed by atoms with Crippen LogP contribution < -0.4 is 9.80 Å². The molecule has 0 radical (unpaired) electrons. The molecule has 1 N–H and O–H groups in total. The molecule has 0 unspecified atom stereocenters. The first-order chi connectivity index (χ1) is 19.5. The molecule has 3 aromatic rings. The molecule has 0 bridgehead atoms. The van der Waals surface area contributed by atoms with Crippen molar-refractivity contribution in [1.82, 2.24) is 24.8 Å². The lowest BCUT2D eigenvalue weighted by atomic mass is 10.2. The van der Waals surface area contributed by atoms with Crippen LogP contribution in [0, 0.1) is 0 Å². The number of benzene rings is 1. The van der Waals surface area contributed by atoms with Crippen LogP contribution in [0.2, 0.25) is 10.3 Å². The number of carbonyl (C=O) groups is 1. The Morgan fingerprint density at radius 3 is 1.95 bits per heavy atom. The van der Waals surface area contributed by atoms with Gasteiger partial charge in [0.1, 0.15) is 17.3 Å². The average molecular weight is 607 g/mol. The number of hydrogen-bond donors (Lipinski definition) is 1. The van der Waals surface area contributed by atoms with Crippen LogP contribution in [0.3, 0.4) is 0 Å². The van der Waals surface area contributed by atoms with E-state index in [1.54, 1.807) is 13.3 Å². The fourth-order valence-corrected chi connectivity index (χ4v) is 3.96.